The zero-order chi connectivity index (χ0) is 25.6. The van der Waals surface area contributed by atoms with E-state index < -0.39 is 5.60 Å². The van der Waals surface area contributed by atoms with Crippen molar-refractivity contribution in [2.45, 2.75) is 65.0 Å². The fourth-order valence-corrected chi connectivity index (χ4v) is 4.03. The average molecular weight is 488 g/mol. The van der Waals surface area contributed by atoms with Crippen LogP contribution in [0.15, 0.2) is 30.1 Å². The summed E-state index contributed by atoms with van der Waals surface area (Å²) in [7, 11) is 3.66. The van der Waals surface area contributed by atoms with Crippen molar-refractivity contribution in [3.63, 3.8) is 0 Å². The van der Waals surface area contributed by atoms with E-state index in [1.54, 1.807) is 11.9 Å². The Labute approximate surface area is 208 Å². The number of rotatable bonds is 7. The standard InChI is InChI=1S/C25H41N7O3/c1-17-14-21(27-11-7-13-31(5)24(34)35-25(2,3)4)32(6)22(28-17)30-23(33)29-20-9-8-19-16-26-12-10-18(19)15-20/h8-9,14-15,17,22,26-28H,7,10-13,16H2,1-6H3,(H2,29,30,33). The minimum absolute atomic E-state index is 0.0691. The Balaban J connectivity index is 1.46. The number of ether oxygens (including phenoxy) is 1. The van der Waals surface area contributed by atoms with Gasteiger partial charge >= 0.3 is 12.1 Å². The van der Waals surface area contributed by atoms with Crippen LogP contribution in [0, 0.1) is 0 Å². The Morgan fingerprint density at radius 3 is 2.77 bits per heavy atom. The Hall–Kier alpha value is -2.98. The molecule has 5 N–H and O–H groups in total. The molecule has 194 valence electrons. The van der Waals surface area contributed by atoms with Gasteiger partial charge in [-0.05, 0) is 76.4 Å². The van der Waals surface area contributed by atoms with Crippen LogP contribution in [-0.4, -0.2) is 73.6 Å². The third-order valence-electron chi connectivity index (χ3n) is 5.90. The van der Waals surface area contributed by atoms with Crippen molar-refractivity contribution in [2.24, 2.45) is 0 Å². The van der Waals surface area contributed by atoms with Gasteiger partial charge in [0.05, 0.1) is 0 Å². The van der Waals surface area contributed by atoms with Crippen LogP contribution in [0.4, 0.5) is 15.3 Å². The molecule has 0 saturated carbocycles. The van der Waals surface area contributed by atoms with Crippen molar-refractivity contribution in [2.75, 3.05) is 39.0 Å². The largest absolute Gasteiger partial charge is 0.444 e. The topological polar surface area (TPSA) is 110 Å². The van der Waals surface area contributed by atoms with Crippen LogP contribution in [-0.2, 0) is 17.7 Å². The van der Waals surface area contributed by atoms with E-state index in [1.165, 1.54) is 11.1 Å². The molecule has 35 heavy (non-hydrogen) atoms. The summed E-state index contributed by atoms with van der Waals surface area (Å²) in [5, 5.41) is 16.1. The molecule has 2 aliphatic rings. The summed E-state index contributed by atoms with van der Waals surface area (Å²) in [5.41, 5.74) is 2.84. The summed E-state index contributed by atoms with van der Waals surface area (Å²) in [6, 6.07) is 5.86. The SMILES string of the molecule is CC1C=C(NCCCN(C)C(=O)OC(C)(C)C)N(C)C(NC(=O)Nc2ccc3c(c2)CCNC3)N1. The summed E-state index contributed by atoms with van der Waals surface area (Å²) in [6.07, 6.45) is 3.10. The van der Waals surface area contributed by atoms with Crippen LogP contribution in [0.2, 0.25) is 0 Å². The predicted molar refractivity (Wildman–Crippen MR) is 138 cm³/mol. The Kier molecular flexibility index (Phi) is 8.85. The molecule has 1 aromatic carbocycles. The summed E-state index contributed by atoms with van der Waals surface area (Å²) >= 11 is 0. The Morgan fingerprint density at radius 2 is 2.03 bits per heavy atom. The third-order valence-corrected chi connectivity index (χ3v) is 5.90. The van der Waals surface area contributed by atoms with Gasteiger partial charge in [-0.3, -0.25) is 5.32 Å². The molecule has 1 aromatic rings. The molecule has 0 fully saturated rings. The van der Waals surface area contributed by atoms with Gasteiger partial charge < -0.3 is 35.8 Å². The molecule has 3 amide bonds. The van der Waals surface area contributed by atoms with Gasteiger partial charge in [-0.25, -0.2) is 9.59 Å². The minimum atomic E-state index is -0.506. The lowest BCUT2D eigenvalue weighted by atomic mass is 10.0. The maximum Gasteiger partial charge on any atom is 0.410 e. The fraction of sp³-hybridized carbons (Fsp3) is 0.600. The van der Waals surface area contributed by atoms with E-state index in [-0.39, 0.29) is 24.5 Å². The van der Waals surface area contributed by atoms with Crippen molar-refractivity contribution in [3.8, 4) is 0 Å². The Morgan fingerprint density at radius 1 is 1.26 bits per heavy atom. The highest BCUT2D eigenvalue weighted by molar-refractivity contribution is 5.89. The molecule has 0 bridgehead atoms. The maximum atomic E-state index is 12.7. The number of benzene rings is 1. The van der Waals surface area contributed by atoms with Gasteiger partial charge in [0.1, 0.15) is 11.4 Å². The molecule has 2 unspecified atom stereocenters. The zero-order valence-electron chi connectivity index (χ0n) is 21.8. The van der Waals surface area contributed by atoms with Crippen molar-refractivity contribution in [1.82, 2.24) is 31.1 Å². The molecule has 3 rings (SSSR count). The number of urea groups is 1. The zero-order valence-corrected chi connectivity index (χ0v) is 21.8. The normalized spacial score (nSPS) is 19.8. The minimum Gasteiger partial charge on any atom is -0.444 e. The van der Waals surface area contributed by atoms with Gasteiger partial charge in [-0.1, -0.05) is 6.07 Å². The maximum absolute atomic E-state index is 12.7. The van der Waals surface area contributed by atoms with Crippen LogP contribution < -0.4 is 26.6 Å². The van der Waals surface area contributed by atoms with E-state index >= 15 is 0 Å². The van der Waals surface area contributed by atoms with Gasteiger partial charge in [-0.15, -0.1) is 0 Å². The first-order valence-corrected chi connectivity index (χ1v) is 12.3. The molecule has 0 radical (unpaired) electrons. The molecule has 0 saturated heterocycles. The molecule has 10 heteroatoms. The van der Waals surface area contributed by atoms with Crippen LogP contribution >= 0.6 is 0 Å². The molecule has 2 atom stereocenters. The summed E-state index contributed by atoms with van der Waals surface area (Å²) in [5.74, 6) is 0.919. The number of amides is 3. The van der Waals surface area contributed by atoms with E-state index in [9.17, 15) is 9.59 Å². The summed E-state index contributed by atoms with van der Waals surface area (Å²) in [6.45, 7) is 10.7. The number of carbonyl (C=O) groups is 2. The van der Waals surface area contributed by atoms with E-state index in [0.29, 0.717) is 13.1 Å². The van der Waals surface area contributed by atoms with Crippen molar-refractivity contribution >= 4 is 17.8 Å². The smallest absolute Gasteiger partial charge is 0.410 e. The highest BCUT2D eigenvalue weighted by Gasteiger charge is 2.25. The summed E-state index contributed by atoms with van der Waals surface area (Å²) < 4.78 is 5.39. The first-order valence-electron chi connectivity index (χ1n) is 12.3. The quantitative estimate of drug-likeness (QED) is 0.376. The molecule has 0 spiro atoms. The summed E-state index contributed by atoms with van der Waals surface area (Å²) in [4.78, 5) is 28.4. The predicted octanol–water partition coefficient (Wildman–Crippen LogP) is 2.35. The van der Waals surface area contributed by atoms with E-state index in [0.717, 1.165) is 37.4 Å². The first-order chi connectivity index (χ1) is 16.5. The number of hydrogen-bond donors (Lipinski definition) is 5. The highest BCUT2D eigenvalue weighted by Crippen LogP contribution is 2.19. The van der Waals surface area contributed by atoms with Gasteiger partial charge in [0.25, 0.3) is 0 Å². The van der Waals surface area contributed by atoms with Gasteiger partial charge in [0, 0.05) is 45.5 Å². The van der Waals surface area contributed by atoms with Gasteiger partial charge in [0.2, 0.25) is 0 Å². The number of nitrogens with zero attached hydrogens (tertiary/aromatic N) is 2. The average Bonchev–Trinajstić information content (AvgIpc) is 2.78. The fourth-order valence-electron chi connectivity index (χ4n) is 4.03. The number of anilines is 1. The lowest BCUT2D eigenvalue weighted by Gasteiger charge is -2.39. The second-order valence-corrected chi connectivity index (χ2v) is 10.2. The van der Waals surface area contributed by atoms with Gasteiger partial charge in [-0.2, -0.15) is 0 Å². The number of fused-ring (bicyclic) bond motifs is 1. The monoisotopic (exact) mass is 487 g/mol. The molecule has 2 heterocycles. The van der Waals surface area contributed by atoms with Gasteiger partial charge in [0.15, 0.2) is 6.29 Å². The number of carbonyl (C=O) groups excluding carboxylic acids is 2. The second-order valence-electron chi connectivity index (χ2n) is 10.2. The van der Waals surface area contributed by atoms with Crippen molar-refractivity contribution in [1.29, 1.82) is 0 Å². The van der Waals surface area contributed by atoms with E-state index in [4.69, 9.17) is 4.74 Å². The number of hydrogen-bond acceptors (Lipinski definition) is 7. The molecule has 2 aliphatic heterocycles. The molecule has 0 aromatic heterocycles. The number of nitrogens with one attached hydrogen (secondary N) is 5. The van der Waals surface area contributed by atoms with E-state index in [1.807, 2.05) is 45.7 Å². The first kappa shape index (κ1) is 26.6. The van der Waals surface area contributed by atoms with Crippen LogP contribution in [0.3, 0.4) is 0 Å². The van der Waals surface area contributed by atoms with E-state index in [2.05, 4.69) is 44.8 Å². The highest BCUT2D eigenvalue weighted by atomic mass is 16.6. The third kappa shape index (κ3) is 8.03. The molecular weight excluding hydrogens is 446 g/mol. The van der Waals surface area contributed by atoms with Crippen molar-refractivity contribution in [3.05, 3.63) is 41.2 Å². The van der Waals surface area contributed by atoms with Crippen LogP contribution in [0.5, 0.6) is 0 Å². The van der Waals surface area contributed by atoms with Crippen LogP contribution in [0.25, 0.3) is 0 Å². The van der Waals surface area contributed by atoms with Crippen LogP contribution in [0.1, 0.15) is 45.2 Å². The lowest BCUT2D eigenvalue weighted by Crippen LogP contribution is -2.61. The second kappa shape index (κ2) is 11.6. The molecule has 0 aliphatic carbocycles. The molecule has 10 nitrogen and oxygen atoms in total. The van der Waals surface area contributed by atoms with Crippen molar-refractivity contribution < 1.29 is 14.3 Å². The lowest BCUT2D eigenvalue weighted by molar-refractivity contribution is 0.0297. The molecular formula is C25H41N7O3. The Bertz CT molecular complexity index is 928.